The number of nitrogens with one attached hydrogen (secondary N) is 1. The van der Waals surface area contributed by atoms with E-state index in [1.807, 2.05) is 0 Å². The molecule has 2 amide bonds. The molecule has 1 aliphatic rings. The summed E-state index contributed by atoms with van der Waals surface area (Å²) in [4.78, 5) is 26.9. The zero-order valence-corrected chi connectivity index (χ0v) is 19.3. The number of aromatic nitrogens is 5. The van der Waals surface area contributed by atoms with Crippen LogP contribution >= 0.6 is 23.2 Å². The molecular weight excluding hydrogens is 495 g/mol. The van der Waals surface area contributed by atoms with Gasteiger partial charge in [0.1, 0.15) is 12.2 Å². The van der Waals surface area contributed by atoms with Gasteiger partial charge in [-0.2, -0.15) is 5.10 Å². The summed E-state index contributed by atoms with van der Waals surface area (Å²) >= 11 is 12.4. The lowest BCUT2D eigenvalue weighted by Gasteiger charge is -2.26. The summed E-state index contributed by atoms with van der Waals surface area (Å²) in [6.45, 7) is 0.235. The van der Waals surface area contributed by atoms with E-state index >= 15 is 0 Å². The number of hydrogen-bond donors (Lipinski definition) is 2. The standard InChI is InChI=1S/C18H18Cl2N8O4S/c19-12-2-1-3-13(20)16(12)28-24-15(17(21)30)18(25-28)23-11-8-22-27(9-11)10-14(29)26-4-6-33(31,32)7-5-26/h1-3,8-9H,4-7,10H2,(H2,21,30)(H,23,25). The van der Waals surface area contributed by atoms with Gasteiger partial charge in [-0.1, -0.05) is 29.3 Å². The molecule has 0 atom stereocenters. The Bertz CT molecular complexity index is 1300. The van der Waals surface area contributed by atoms with E-state index in [4.69, 9.17) is 28.9 Å². The van der Waals surface area contributed by atoms with Crippen LogP contribution in [0.15, 0.2) is 30.6 Å². The van der Waals surface area contributed by atoms with Crippen LogP contribution in [0, 0.1) is 0 Å². The second-order valence-electron chi connectivity index (χ2n) is 7.21. The molecule has 0 saturated carbocycles. The minimum absolute atomic E-state index is 0.0469. The van der Waals surface area contributed by atoms with Gasteiger partial charge in [0.25, 0.3) is 5.91 Å². The first-order valence-electron chi connectivity index (χ1n) is 9.62. The van der Waals surface area contributed by atoms with Gasteiger partial charge in [0, 0.05) is 19.3 Å². The molecule has 12 nitrogen and oxygen atoms in total. The maximum absolute atomic E-state index is 12.5. The topological polar surface area (TPSA) is 158 Å². The zero-order chi connectivity index (χ0) is 23.8. The minimum atomic E-state index is -3.08. The van der Waals surface area contributed by atoms with Crippen molar-refractivity contribution in [1.29, 1.82) is 0 Å². The number of hydrogen-bond acceptors (Lipinski definition) is 8. The number of rotatable bonds is 6. The third kappa shape index (κ3) is 5.10. The van der Waals surface area contributed by atoms with Gasteiger partial charge in [-0.25, -0.2) is 8.42 Å². The number of primary amides is 1. The molecule has 3 N–H and O–H groups in total. The number of halogens is 2. The first-order chi connectivity index (χ1) is 15.6. The number of anilines is 2. The van der Waals surface area contributed by atoms with Crippen LogP contribution in [0.5, 0.6) is 0 Å². The Morgan fingerprint density at radius 2 is 1.79 bits per heavy atom. The van der Waals surface area contributed by atoms with E-state index in [0.717, 1.165) is 4.80 Å². The number of amides is 2. The summed E-state index contributed by atoms with van der Waals surface area (Å²) in [7, 11) is -3.08. The molecule has 33 heavy (non-hydrogen) atoms. The van der Waals surface area contributed by atoms with Crippen LogP contribution in [0.3, 0.4) is 0 Å². The van der Waals surface area contributed by atoms with Gasteiger partial charge in [0.05, 0.1) is 33.4 Å². The van der Waals surface area contributed by atoms with E-state index in [-0.39, 0.29) is 64.3 Å². The summed E-state index contributed by atoms with van der Waals surface area (Å²) in [5, 5.41) is 15.9. The summed E-state index contributed by atoms with van der Waals surface area (Å²) in [5.74, 6) is -1.13. The molecule has 0 spiro atoms. The summed E-state index contributed by atoms with van der Waals surface area (Å²) in [6.07, 6.45) is 2.96. The molecule has 1 aliphatic heterocycles. The van der Waals surface area contributed by atoms with Crippen LogP contribution < -0.4 is 11.1 Å². The third-order valence-corrected chi connectivity index (χ3v) is 7.09. The number of carbonyl (C=O) groups is 2. The number of para-hydroxylation sites is 1. The monoisotopic (exact) mass is 512 g/mol. The molecule has 3 aromatic rings. The second kappa shape index (κ2) is 9.00. The van der Waals surface area contributed by atoms with Crippen molar-refractivity contribution in [2.24, 2.45) is 5.73 Å². The largest absolute Gasteiger partial charge is 0.364 e. The van der Waals surface area contributed by atoms with Crippen molar-refractivity contribution in [3.05, 3.63) is 46.3 Å². The summed E-state index contributed by atoms with van der Waals surface area (Å²) in [6, 6.07) is 4.86. The van der Waals surface area contributed by atoms with Gasteiger partial charge < -0.3 is 16.0 Å². The molecule has 0 radical (unpaired) electrons. The Kier molecular flexibility index (Phi) is 6.28. The highest BCUT2D eigenvalue weighted by Crippen LogP contribution is 2.28. The number of nitrogens with two attached hydrogens (primary N) is 1. The number of carbonyl (C=O) groups excluding carboxylic acids is 2. The van der Waals surface area contributed by atoms with Crippen molar-refractivity contribution in [3.8, 4) is 5.69 Å². The van der Waals surface area contributed by atoms with E-state index in [2.05, 4.69) is 20.6 Å². The van der Waals surface area contributed by atoms with E-state index in [1.165, 1.54) is 22.0 Å². The lowest BCUT2D eigenvalue weighted by molar-refractivity contribution is -0.131. The van der Waals surface area contributed by atoms with Crippen LogP contribution in [0.25, 0.3) is 5.69 Å². The van der Waals surface area contributed by atoms with Crippen LogP contribution in [-0.4, -0.2) is 74.5 Å². The number of benzene rings is 1. The van der Waals surface area contributed by atoms with Crippen LogP contribution in [0.1, 0.15) is 10.5 Å². The first kappa shape index (κ1) is 23.0. The fourth-order valence-electron chi connectivity index (χ4n) is 3.19. The molecule has 1 aromatic carbocycles. The highest BCUT2D eigenvalue weighted by Gasteiger charge is 2.25. The van der Waals surface area contributed by atoms with Crippen LogP contribution in [0.4, 0.5) is 11.5 Å². The van der Waals surface area contributed by atoms with Crippen LogP contribution in [-0.2, 0) is 21.2 Å². The van der Waals surface area contributed by atoms with Crippen molar-refractivity contribution < 1.29 is 18.0 Å². The predicted octanol–water partition coefficient (Wildman–Crippen LogP) is 0.870. The van der Waals surface area contributed by atoms with Gasteiger partial charge in [-0.05, 0) is 12.1 Å². The molecule has 0 unspecified atom stereocenters. The maximum atomic E-state index is 12.5. The normalized spacial score (nSPS) is 15.4. The fraction of sp³-hybridized carbons (Fsp3) is 0.278. The molecule has 2 aromatic heterocycles. The predicted molar refractivity (Wildman–Crippen MR) is 121 cm³/mol. The molecule has 174 valence electrons. The molecule has 15 heteroatoms. The number of sulfone groups is 1. The quantitative estimate of drug-likeness (QED) is 0.492. The average molecular weight is 513 g/mol. The van der Waals surface area contributed by atoms with Crippen molar-refractivity contribution >= 4 is 56.4 Å². The van der Waals surface area contributed by atoms with E-state index in [1.54, 1.807) is 18.2 Å². The van der Waals surface area contributed by atoms with Gasteiger partial charge in [-0.3, -0.25) is 14.3 Å². The lowest BCUT2D eigenvalue weighted by atomic mass is 10.3. The van der Waals surface area contributed by atoms with E-state index in [0.29, 0.717) is 5.69 Å². The Morgan fingerprint density at radius 1 is 1.12 bits per heavy atom. The Labute approximate surface area is 198 Å². The molecule has 1 fully saturated rings. The van der Waals surface area contributed by atoms with E-state index < -0.39 is 15.7 Å². The lowest BCUT2D eigenvalue weighted by Crippen LogP contribution is -2.45. The average Bonchev–Trinajstić information content (AvgIpc) is 3.35. The van der Waals surface area contributed by atoms with Gasteiger partial charge in [0.15, 0.2) is 21.3 Å². The van der Waals surface area contributed by atoms with Crippen molar-refractivity contribution in [2.45, 2.75) is 6.54 Å². The highest BCUT2D eigenvalue weighted by atomic mass is 35.5. The van der Waals surface area contributed by atoms with Crippen molar-refractivity contribution in [3.63, 3.8) is 0 Å². The van der Waals surface area contributed by atoms with Gasteiger partial charge in [0.2, 0.25) is 5.91 Å². The smallest absolute Gasteiger partial charge is 0.273 e. The summed E-state index contributed by atoms with van der Waals surface area (Å²) in [5.41, 5.74) is 5.98. The first-order valence-corrected chi connectivity index (χ1v) is 12.2. The summed E-state index contributed by atoms with van der Waals surface area (Å²) < 4.78 is 24.5. The van der Waals surface area contributed by atoms with Gasteiger partial charge in [-0.15, -0.1) is 15.0 Å². The Hall–Kier alpha value is -3.16. The second-order valence-corrected chi connectivity index (χ2v) is 10.3. The Balaban J connectivity index is 1.50. The molecule has 4 rings (SSSR count). The number of nitrogens with zero attached hydrogens (tertiary/aromatic N) is 6. The van der Waals surface area contributed by atoms with Crippen LogP contribution in [0.2, 0.25) is 10.0 Å². The molecule has 3 heterocycles. The minimum Gasteiger partial charge on any atom is -0.364 e. The SMILES string of the molecule is NC(=O)c1nn(-c2c(Cl)cccc2Cl)nc1Nc1cnn(CC(=O)N2CCS(=O)(=O)CC2)c1. The highest BCUT2D eigenvalue weighted by molar-refractivity contribution is 7.91. The maximum Gasteiger partial charge on any atom is 0.273 e. The third-order valence-electron chi connectivity index (χ3n) is 4.88. The molecule has 1 saturated heterocycles. The van der Waals surface area contributed by atoms with E-state index in [9.17, 15) is 18.0 Å². The van der Waals surface area contributed by atoms with Crippen molar-refractivity contribution in [1.82, 2.24) is 29.7 Å². The fourth-order valence-corrected chi connectivity index (χ4v) is 4.94. The zero-order valence-electron chi connectivity index (χ0n) is 17.0. The van der Waals surface area contributed by atoms with Crippen molar-refractivity contribution in [2.75, 3.05) is 29.9 Å². The molecule has 0 aliphatic carbocycles. The Morgan fingerprint density at radius 3 is 2.42 bits per heavy atom. The van der Waals surface area contributed by atoms with Gasteiger partial charge >= 0.3 is 0 Å². The molecule has 0 bridgehead atoms. The molecular formula is C18H18Cl2N8O4S.